The van der Waals surface area contributed by atoms with E-state index < -0.39 is 5.25 Å². The number of carbonyl (C=O) groups is 2. The van der Waals surface area contributed by atoms with Gasteiger partial charge in [-0.1, -0.05) is 27.7 Å². The molecule has 1 unspecified atom stereocenters. The van der Waals surface area contributed by atoms with Crippen molar-refractivity contribution in [1.29, 1.82) is 0 Å². The fraction of sp³-hybridized carbons (Fsp3) is 0.0909. The maximum atomic E-state index is 13.1. The van der Waals surface area contributed by atoms with Crippen LogP contribution in [-0.2, 0) is 9.59 Å². The Morgan fingerprint density at radius 3 is 2.62 bits per heavy atom. The predicted octanol–water partition coefficient (Wildman–Crippen LogP) is 4.62. The molecule has 2 N–H and O–H groups in total. The number of hydrogen-bond donors (Lipinski definition) is 2. The van der Waals surface area contributed by atoms with Gasteiger partial charge in [0.1, 0.15) is 16.8 Å². The second kappa shape index (κ2) is 9.84. The van der Waals surface area contributed by atoms with Gasteiger partial charge in [0.2, 0.25) is 11.8 Å². The van der Waals surface area contributed by atoms with Gasteiger partial charge < -0.3 is 14.8 Å². The average Bonchev–Trinajstić information content (AvgIpc) is 3.39. The Hall–Kier alpha value is -3.37. The van der Waals surface area contributed by atoms with Crippen LogP contribution in [0.1, 0.15) is 12.2 Å². The molecule has 1 fully saturated rings. The third-order valence-electron chi connectivity index (χ3n) is 4.41. The summed E-state index contributed by atoms with van der Waals surface area (Å²) < 4.78 is 6.09. The van der Waals surface area contributed by atoms with Crippen molar-refractivity contribution in [2.45, 2.75) is 11.7 Å². The smallest absolute Gasteiger partial charge is 0.247 e. The summed E-state index contributed by atoms with van der Waals surface area (Å²) in [4.78, 5) is 27.1. The van der Waals surface area contributed by atoms with Gasteiger partial charge in [-0.25, -0.2) is 0 Å². The summed E-state index contributed by atoms with van der Waals surface area (Å²) in [7, 11) is 0. The molecule has 4 rings (SSSR count). The summed E-state index contributed by atoms with van der Waals surface area (Å²) in [6, 6.07) is 16.8. The number of phenolic OH excluding ortho intramolecular Hbond substituents is 1. The van der Waals surface area contributed by atoms with Crippen molar-refractivity contribution < 1.29 is 19.1 Å². The second-order valence-electron chi connectivity index (χ2n) is 6.70. The molecular weight excluding hydrogens is 496 g/mol. The molecule has 162 valence electrons. The zero-order valence-corrected chi connectivity index (χ0v) is 18.9. The van der Waals surface area contributed by atoms with E-state index >= 15 is 0 Å². The summed E-state index contributed by atoms with van der Waals surface area (Å²) in [5.41, 5.74) is 1.16. The van der Waals surface area contributed by atoms with Crippen LogP contribution in [0.15, 0.2) is 86.0 Å². The molecule has 0 bridgehead atoms. The lowest BCUT2D eigenvalue weighted by Gasteiger charge is -2.15. The monoisotopic (exact) mass is 512 g/mol. The number of phenols is 1. The summed E-state index contributed by atoms with van der Waals surface area (Å²) in [6.45, 7) is 0. The summed E-state index contributed by atoms with van der Waals surface area (Å²) in [6.07, 6.45) is 2.92. The molecule has 1 aliphatic heterocycles. The quantitative estimate of drug-likeness (QED) is 0.370. The topological polar surface area (TPSA) is 108 Å². The Balaban J connectivity index is 1.53. The number of amides is 2. The van der Waals surface area contributed by atoms with Crippen molar-refractivity contribution in [2.75, 3.05) is 10.2 Å². The second-order valence-corrected chi connectivity index (χ2v) is 8.78. The number of carbonyl (C=O) groups excluding carboxylic acids is 2. The van der Waals surface area contributed by atoms with Crippen molar-refractivity contribution in [3.05, 3.63) is 77.2 Å². The Kier molecular flexibility index (Phi) is 6.72. The predicted molar refractivity (Wildman–Crippen MR) is 128 cm³/mol. The van der Waals surface area contributed by atoms with Crippen molar-refractivity contribution >= 4 is 62.3 Å². The van der Waals surface area contributed by atoms with Crippen LogP contribution in [0.3, 0.4) is 0 Å². The van der Waals surface area contributed by atoms with Gasteiger partial charge in [-0.05, 0) is 60.7 Å². The molecule has 32 heavy (non-hydrogen) atoms. The first kappa shape index (κ1) is 21.8. The number of amidine groups is 1. The van der Waals surface area contributed by atoms with E-state index in [0.29, 0.717) is 22.3 Å². The zero-order valence-electron chi connectivity index (χ0n) is 16.5. The fourth-order valence-electron chi connectivity index (χ4n) is 2.92. The molecule has 2 amide bonds. The minimum absolute atomic E-state index is 0.0327. The minimum Gasteiger partial charge on any atom is -0.508 e. The number of nitrogens with zero attached hydrogens (tertiary/aromatic N) is 3. The summed E-state index contributed by atoms with van der Waals surface area (Å²) in [5, 5.41) is 20.2. The Bertz CT molecular complexity index is 1160. The van der Waals surface area contributed by atoms with Crippen LogP contribution in [0.2, 0.25) is 0 Å². The SMILES string of the molecule is O=C(CC1S/C(=N/N=C/c2ccco2)N(c2ccc(O)cc2)C1=O)Nc1ccc(Br)cc1. The molecular formula is C22H17BrN4O4S. The number of halogens is 1. The van der Waals surface area contributed by atoms with E-state index in [2.05, 4.69) is 31.4 Å². The molecule has 1 aliphatic rings. The lowest BCUT2D eigenvalue weighted by atomic mass is 10.2. The summed E-state index contributed by atoms with van der Waals surface area (Å²) >= 11 is 4.51. The molecule has 0 saturated carbocycles. The zero-order chi connectivity index (χ0) is 22.5. The molecule has 3 aromatic rings. The first-order valence-electron chi connectivity index (χ1n) is 9.49. The van der Waals surface area contributed by atoms with Gasteiger partial charge >= 0.3 is 0 Å². The number of rotatable bonds is 6. The van der Waals surface area contributed by atoms with Gasteiger partial charge in [0.05, 0.1) is 18.2 Å². The van der Waals surface area contributed by atoms with Gasteiger partial charge in [-0.2, -0.15) is 5.10 Å². The van der Waals surface area contributed by atoms with E-state index in [4.69, 9.17) is 4.42 Å². The van der Waals surface area contributed by atoms with E-state index in [0.717, 1.165) is 16.2 Å². The molecule has 8 nitrogen and oxygen atoms in total. The van der Waals surface area contributed by atoms with E-state index in [1.807, 2.05) is 12.1 Å². The number of anilines is 2. The van der Waals surface area contributed by atoms with Crippen molar-refractivity contribution in [2.24, 2.45) is 10.2 Å². The van der Waals surface area contributed by atoms with Crippen LogP contribution in [0.4, 0.5) is 11.4 Å². The highest BCUT2D eigenvalue weighted by atomic mass is 79.9. The lowest BCUT2D eigenvalue weighted by Crippen LogP contribution is -2.33. The van der Waals surface area contributed by atoms with Crippen LogP contribution in [-0.4, -0.2) is 33.6 Å². The molecule has 1 aromatic heterocycles. The largest absolute Gasteiger partial charge is 0.508 e. The highest BCUT2D eigenvalue weighted by Gasteiger charge is 2.40. The number of aromatic hydroxyl groups is 1. The number of benzene rings is 2. The third kappa shape index (κ3) is 5.27. The lowest BCUT2D eigenvalue weighted by molar-refractivity contribution is -0.121. The Morgan fingerprint density at radius 1 is 1.19 bits per heavy atom. The first-order valence-corrected chi connectivity index (χ1v) is 11.2. The van der Waals surface area contributed by atoms with Gasteiger partial charge in [0.25, 0.3) is 0 Å². The van der Waals surface area contributed by atoms with Crippen LogP contribution < -0.4 is 10.2 Å². The van der Waals surface area contributed by atoms with Crippen LogP contribution >= 0.6 is 27.7 Å². The van der Waals surface area contributed by atoms with Crippen LogP contribution in [0.5, 0.6) is 5.75 Å². The normalized spacial score (nSPS) is 17.4. The van der Waals surface area contributed by atoms with Crippen LogP contribution in [0.25, 0.3) is 0 Å². The molecule has 0 radical (unpaired) electrons. The summed E-state index contributed by atoms with van der Waals surface area (Å²) in [5.74, 6) is 0.0147. The van der Waals surface area contributed by atoms with Gasteiger partial charge in [-0.3, -0.25) is 14.5 Å². The van der Waals surface area contributed by atoms with Crippen molar-refractivity contribution in [3.63, 3.8) is 0 Å². The fourth-order valence-corrected chi connectivity index (χ4v) is 4.27. The van der Waals surface area contributed by atoms with Crippen molar-refractivity contribution in [3.8, 4) is 5.75 Å². The number of furan rings is 1. The van der Waals surface area contributed by atoms with Gasteiger partial charge in [-0.15, -0.1) is 5.10 Å². The standard InChI is InChI=1S/C22H17BrN4O4S/c23-14-3-5-15(6-4-14)25-20(29)12-19-21(30)27(16-7-9-17(28)10-8-16)22(32-19)26-24-13-18-2-1-11-31-18/h1-11,13,19,28H,12H2,(H,25,29)/b24-13+,26-22+. The van der Waals surface area contributed by atoms with Gasteiger partial charge in [0, 0.05) is 16.6 Å². The highest BCUT2D eigenvalue weighted by molar-refractivity contribution is 9.10. The highest BCUT2D eigenvalue weighted by Crippen LogP contribution is 2.34. The molecule has 0 spiro atoms. The molecule has 2 heterocycles. The average molecular weight is 513 g/mol. The molecule has 1 saturated heterocycles. The third-order valence-corrected chi connectivity index (χ3v) is 6.07. The van der Waals surface area contributed by atoms with Crippen LogP contribution in [0, 0.1) is 0 Å². The van der Waals surface area contributed by atoms with E-state index in [-0.39, 0.29) is 24.0 Å². The number of nitrogens with one attached hydrogen (secondary N) is 1. The Morgan fingerprint density at radius 2 is 1.94 bits per heavy atom. The maximum Gasteiger partial charge on any atom is 0.247 e. The van der Waals surface area contributed by atoms with E-state index in [1.165, 1.54) is 29.5 Å². The Labute approximate surface area is 196 Å². The molecule has 0 aliphatic carbocycles. The first-order chi connectivity index (χ1) is 15.5. The number of thioether (sulfide) groups is 1. The number of hydrogen-bond acceptors (Lipinski definition) is 7. The molecule has 2 aromatic carbocycles. The molecule has 10 heteroatoms. The maximum absolute atomic E-state index is 13.1. The van der Waals surface area contributed by atoms with Gasteiger partial charge in [0.15, 0.2) is 5.17 Å². The van der Waals surface area contributed by atoms with E-state index in [1.54, 1.807) is 36.4 Å². The van der Waals surface area contributed by atoms with E-state index in [9.17, 15) is 14.7 Å². The van der Waals surface area contributed by atoms with Crippen molar-refractivity contribution in [1.82, 2.24) is 0 Å². The molecule has 1 atom stereocenters. The minimum atomic E-state index is -0.670.